The summed E-state index contributed by atoms with van der Waals surface area (Å²) in [7, 11) is 1.86. The Balaban J connectivity index is 1.81. The molecule has 0 saturated carbocycles. The molecule has 6 nitrogen and oxygen atoms in total. The van der Waals surface area contributed by atoms with Gasteiger partial charge in [0.15, 0.2) is 5.82 Å². The lowest BCUT2D eigenvalue weighted by atomic mass is 10.2. The first kappa shape index (κ1) is 12.0. The summed E-state index contributed by atoms with van der Waals surface area (Å²) in [6.07, 6.45) is 2.49. The molecular weight excluding hydrogens is 236 g/mol. The fraction of sp³-hybridized carbons (Fsp3) is 0.600. The molecule has 2 aromatic heterocycles. The van der Waals surface area contributed by atoms with Crippen molar-refractivity contribution >= 4 is 16.7 Å². The van der Waals surface area contributed by atoms with Gasteiger partial charge in [0.05, 0.1) is 0 Å². The van der Waals surface area contributed by atoms with Crippen molar-refractivity contribution < 1.29 is 0 Å². The standard InChI is InChI=1S/C10H16N6S/c1-7(2)9-13-10(17-15-9)11-5-4-8-12-6-16(3)14-8/h6-7H,4-5H2,1-3H3,(H,11,13,15). The highest BCUT2D eigenvalue weighted by Crippen LogP contribution is 2.16. The molecule has 0 spiro atoms. The van der Waals surface area contributed by atoms with Crippen LogP contribution in [-0.4, -0.2) is 30.7 Å². The molecule has 0 amide bonds. The van der Waals surface area contributed by atoms with Crippen LogP contribution in [0.25, 0.3) is 0 Å². The van der Waals surface area contributed by atoms with Crippen LogP contribution >= 0.6 is 11.5 Å². The van der Waals surface area contributed by atoms with Crippen molar-refractivity contribution in [1.82, 2.24) is 24.1 Å². The number of hydrogen-bond acceptors (Lipinski definition) is 6. The van der Waals surface area contributed by atoms with Crippen LogP contribution in [0.3, 0.4) is 0 Å². The minimum absolute atomic E-state index is 0.374. The first-order valence-electron chi connectivity index (χ1n) is 5.57. The highest BCUT2D eigenvalue weighted by atomic mass is 32.1. The van der Waals surface area contributed by atoms with Crippen molar-refractivity contribution in [3.63, 3.8) is 0 Å². The van der Waals surface area contributed by atoms with Crippen molar-refractivity contribution in [2.45, 2.75) is 26.2 Å². The van der Waals surface area contributed by atoms with Gasteiger partial charge in [0.25, 0.3) is 0 Å². The zero-order valence-corrected chi connectivity index (χ0v) is 11.0. The summed E-state index contributed by atoms with van der Waals surface area (Å²) < 4.78 is 5.98. The van der Waals surface area contributed by atoms with E-state index in [2.05, 4.69) is 38.6 Å². The third kappa shape index (κ3) is 3.23. The lowest BCUT2D eigenvalue weighted by Gasteiger charge is -1.99. The van der Waals surface area contributed by atoms with Crippen LogP contribution in [0.1, 0.15) is 31.4 Å². The topological polar surface area (TPSA) is 68.5 Å². The quantitative estimate of drug-likeness (QED) is 0.872. The van der Waals surface area contributed by atoms with Crippen LogP contribution < -0.4 is 5.32 Å². The van der Waals surface area contributed by atoms with Gasteiger partial charge < -0.3 is 5.32 Å². The fourth-order valence-corrected chi connectivity index (χ4v) is 2.05. The van der Waals surface area contributed by atoms with Gasteiger partial charge in [0.1, 0.15) is 12.2 Å². The molecule has 0 saturated heterocycles. The molecule has 2 aromatic rings. The molecule has 0 unspecified atom stereocenters. The Morgan fingerprint density at radius 3 is 2.88 bits per heavy atom. The van der Waals surface area contributed by atoms with E-state index in [0.717, 1.165) is 29.7 Å². The summed E-state index contributed by atoms with van der Waals surface area (Å²) in [5, 5.41) is 8.31. The molecule has 17 heavy (non-hydrogen) atoms. The van der Waals surface area contributed by atoms with Crippen molar-refractivity contribution in [2.75, 3.05) is 11.9 Å². The molecule has 0 atom stereocenters. The van der Waals surface area contributed by atoms with Gasteiger partial charge in [-0.25, -0.2) is 9.97 Å². The minimum atomic E-state index is 0.374. The lowest BCUT2D eigenvalue weighted by Crippen LogP contribution is -2.06. The van der Waals surface area contributed by atoms with Gasteiger partial charge in [-0.1, -0.05) is 13.8 Å². The molecular formula is C10H16N6S. The number of rotatable bonds is 5. The fourth-order valence-electron chi connectivity index (χ4n) is 1.32. The summed E-state index contributed by atoms with van der Waals surface area (Å²) >= 11 is 1.40. The number of nitrogens with zero attached hydrogens (tertiary/aromatic N) is 5. The number of aryl methyl sites for hydroxylation is 1. The van der Waals surface area contributed by atoms with Crippen LogP contribution in [0, 0.1) is 0 Å². The average molecular weight is 252 g/mol. The Kier molecular flexibility index (Phi) is 3.68. The van der Waals surface area contributed by atoms with Gasteiger partial charge in [-0.05, 0) is 0 Å². The summed E-state index contributed by atoms with van der Waals surface area (Å²) in [6, 6.07) is 0. The van der Waals surface area contributed by atoms with Crippen molar-refractivity contribution in [3.8, 4) is 0 Å². The molecule has 92 valence electrons. The molecule has 0 bridgehead atoms. The Morgan fingerprint density at radius 2 is 2.29 bits per heavy atom. The second kappa shape index (κ2) is 5.22. The van der Waals surface area contributed by atoms with E-state index >= 15 is 0 Å². The van der Waals surface area contributed by atoms with E-state index in [4.69, 9.17) is 0 Å². The summed E-state index contributed by atoms with van der Waals surface area (Å²) in [5.41, 5.74) is 0. The minimum Gasteiger partial charge on any atom is -0.360 e. The molecule has 0 fully saturated rings. The van der Waals surface area contributed by atoms with Crippen molar-refractivity contribution in [2.24, 2.45) is 7.05 Å². The average Bonchev–Trinajstić information content (AvgIpc) is 2.88. The first-order chi connectivity index (χ1) is 8.15. The van der Waals surface area contributed by atoms with E-state index in [1.54, 1.807) is 11.0 Å². The third-order valence-electron chi connectivity index (χ3n) is 2.23. The van der Waals surface area contributed by atoms with E-state index in [1.165, 1.54) is 11.5 Å². The molecule has 1 N–H and O–H groups in total. The van der Waals surface area contributed by atoms with Crippen molar-refractivity contribution in [3.05, 3.63) is 18.0 Å². The monoisotopic (exact) mass is 252 g/mol. The predicted octanol–water partition coefficient (Wildman–Crippen LogP) is 1.44. The Bertz CT molecular complexity index is 475. The number of aromatic nitrogens is 5. The third-order valence-corrected chi connectivity index (χ3v) is 2.92. The summed E-state index contributed by atoms with van der Waals surface area (Å²) in [5.74, 6) is 2.11. The molecule has 0 aliphatic carbocycles. The summed E-state index contributed by atoms with van der Waals surface area (Å²) in [4.78, 5) is 8.56. The normalized spacial score (nSPS) is 11.1. The van der Waals surface area contributed by atoms with E-state index in [0.29, 0.717) is 5.92 Å². The predicted molar refractivity (Wildman–Crippen MR) is 67.2 cm³/mol. The molecule has 0 aliphatic rings. The van der Waals surface area contributed by atoms with Crippen LogP contribution in [0.15, 0.2) is 6.33 Å². The van der Waals surface area contributed by atoms with Gasteiger partial charge in [-0.2, -0.15) is 9.47 Å². The van der Waals surface area contributed by atoms with E-state index in [9.17, 15) is 0 Å². The van der Waals surface area contributed by atoms with E-state index < -0.39 is 0 Å². The zero-order chi connectivity index (χ0) is 12.3. The Morgan fingerprint density at radius 1 is 1.47 bits per heavy atom. The molecule has 2 heterocycles. The maximum atomic E-state index is 4.40. The maximum absolute atomic E-state index is 4.40. The number of anilines is 1. The highest BCUT2D eigenvalue weighted by molar-refractivity contribution is 7.09. The second-order valence-electron chi connectivity index (χ2n) is 4.12. The Hall–Kier alpha value is -1.50. The van der Waals surface area contributed by atoms with Crippen LogP contribution in [0.2, 0.25) is 0 Å². The molecule has 2 rings (SSSR count). The molecule has 0 radical (unpaired) electrons. The van der Waals surface area contributed by atoms with Gasteiger partial charge >= 0.3 is 0 Å². The van der Waals surface area contributed by atoms with Crippen LogP contribution in [-0.2, 0) is 13.5 Å². The van der Waals surface area contributed by atoms with Gasteiger partial charge in [0, 0.05) is 37.5 Å². The van der Waals surface area contributed by atoms with Gasteiger partial charge in [-0.15, -0.1) is 0 Å². The molecule has 7 heteroatoms. The van der Waals surface area contributed by atoms with Crippen LogP contribution in [0.5, 0.6) is 0 Å². The highest BCUT2D eigenvalue weighted by Gasteiger charge is 2.07. The van der Waals surface area contributed by atoms with Crippen molar-refractivity contribution in [1.29, 1.82) is 0 Å². The molecule has 0 aliphatic heterocycles. The van der Waals surface area contributed by atoms with Crippen LogP contribution in [0.4, 0.5) is 5.13 Å². The Labute approximate surface area is 104 Å². The number of nitrogens with one attached hydrogen (secondary N) is 1. The maximum Gasteiger partial charge on any atom is 0.202 e. The molecule has 0 aromatic carbocycles. The first-order valence-corrected chi connectivity index (χ1v) is 6.34. The number of hydrogen-bond donors (Lipinski definition) is 1. The SMILES string of the molecule is CC(C)c1nsc(NCCc2ncn(C)n2)n1. The summed E-state index contributed by atoms with van der Waals surface area (Å²) in [6.45, 7) is 4.95. The smallest absolute Gasteiger partial charge is 0.202 e. The largest absolute Gasteiger partial charge is 0.360 e. The lowest BCUT2D eigenvalue weighted by molar-refractivity contribution is 0.741. The van der Waals surface area contributed by atoms with E-state index in [1.807, 2.05) is 7.05 Å². The second-order valence-corrected chi connectivity index (χ2v) is 4.88. The zero-order valence-electron chi connectivity index (χ0n) is 10.2. The van der Waals surface area contributed by atoms with E-state index in [-0.39, 0.29) is 0 Å². The van der Waals surface area contributed by atoms with Gasteiger partial charge in [0.2, 0.25) is 5.13 Å². The van der Waals surface area contributed by atoms with Gasteiger partial charge in [-0.3, -0.25) is 4.68 Å².